The van der Waals surface area contributed by atoms with E-state index in [0.717, 1.165) is 34.8 Å². The molecule has 0 aliphatic carbocycles. The first-order chi connectivity index (χ1) is 11.7. The molecule has 0 bridgehead atoms. The highest BCUT2D eigenvalue weighted by Crippen LogP contribution is 2.33. The Labute approximate surface area is 148 Å². The van der Waals surface area contributed by atoms with E-state index in [1.165, 1.54) is 5.56 Å². The quantitative estimate of drug-likeness (QED) is 0.661. The van der Waals surface area contributed by atoms with E-state index in [1.54, 1.807) is 18.5 Å². The number of pyridine rings is 2. The van der Waals surface area contributed by atoms with Crippen LogP contribution in [0.5, 0.6) is 0 Å². The molecule has 1 fully saturated rings. The van der Waals surface area contributed by atoms with Crippen LogP contribution in [0.15, 0.2) is 59.3 Å². The average molecular weight is 382 g/mol. The minimum Gasteiger partial charge on any atom is -0.330 e. The van der Waals surface area contributed by atoms with Crippen LogP contribution in [-0.4, -0.2) is 27.3 Å². The number of halogens is 1. The fourth-order valence-corrected chi connectivity index (χ4v) is 3.54. The lowest BCUT2D eigenvalue weighted by molar-refractivity contribution is 0.0730. The molecule has 0 spiro atoms. The number of aromatic nitrogens is 2. The van der Waals surface area contributed by atoms with Crippen LogP contribution < -0.4 is 0 Å². The van der Waals surface area contributed by atoms with Gasteiger partial charge in [-0.05, 0) is 48.7 Å². The number of nitrogens with zero attached hydrogens (tertiary/aromatic N) is 3. The van der Waals surface area contributed by atoms with Crippen molar-refractivity contribution in [1.82, 2.24) is 14.9 Å². The third kappa shape index (κ3) is 2.80. The number of likely N-dealkylation sites (tertiary alicyclic amines) is 1. The molecule has 5 heteroatoms. The maximum absolute atomic E-state index is 13.0. The molecule has 120 valence electrons. The monoisotopic (exact) mass is 381 g/mol. The zero-order valence-electron chi connectivity index (χ0n) is 13.0. The number of carbonyl (C=O) groups excluding carboxylic acids is 1. The van der Waals surface area contributed by atoms with Gasteiger partial charge in [0, 0.05) is 28.8 Å². The van der Waals surface area contributed by atoms with Gasteiger partial charge in [-0.3, -0.25) is 9.78 Å². The van der Waals surface area contributed by atoms with Gasteiger partial charge < -0.3 is 4.90 Å². The number of hydrogen-bond donors (Lipinski definition) is 0. The van der Waals surface area contributed by atoms with Gasteiger partial charge in [0.15, 0.2) is 0 Å². The third-order valence-electron chi connectivity index (χ3n) is 4.48. The predicted molar refractivity (Wildman–Crippen MR) is 96.7 cm³/mol. The van der Waals surface area contributed by atoms with Crippen molar-refractivity contribution in [3.63, 3.8) is 0 Å². The van der Waals surface area contributed by atoms with Crippen molar-refractivity contribution >= 4 is 32.7 Å². The standard InChI is InChI=1S/C19H16BrN3O/c20-15-6-3-13(4-7-15)18-2-1-11-23(18)19(24)17-8-5-14-12-21-10-9-16(14)22-17/h3-10,12,18H,1-2,11H2. The zero-order valence-corrected chi connectivity index (χ0v) is 14.6. The molecule has 3 heterocycles. The second kappa shape index (κ2) is 6.32. The Morgan fingerprint density at radius 3 is 2.79 bits per heavy atom. The van der Waals surface area contributed by atoms with Crippen molar-refractivity contribution in [2.24, 2.45) is 0 Å². The molecule has 24 heavy (non-hydrogen) atoms. The van der Waals surface area contributed by atoms with E-state index in [1.807, 2.05) is 29.2 Å². The molecule has 2 aromatic heterocycles. The SMILES string of the molecule is O=C(c1ccc2cnccc2n1)N1CCCC1c1ccc(Br)cc1. The van der Waals surface area contributed by atoms with Crippen molar-refractivity contribution in [1.29, 1.82) is 0 Å². The van der Waals surface area contributed by atoms with Gasteiger partial charge in [-0.2, -0.15) is 0 Å². The van der Waals surface area contributed by atoms with Crippen LogP contribution in [0, 0.1) is 0 Å². The average Bonchev–Trinajstić information content (AvgIpc) is 3.11. The fourth-order valence-electron chi connectivity index (χ4n) is 3.27. The van der Waals surface area contributed by atoms with E-state index in [0.29, 0.717) is 5.69 Å². The first kappa shape index (κ1) is 15.3. The molecule has 1 unspecified atom stereocenters. The number of hydrogen-bond acceptors (Lipinski definition) is 3. The van der Waals surface area contributed by atoms with Crippen LogP contribution in [0.3, 0.4) is 0 Å². The fraction of sp³-hybridized carbons (Fsp3) is 0.211. The number of benzene rings is 1. The molecule has 0 N–H and O–H groups in total. The molecule has 0 saturated carbocycles. The molecule has 1 aliphatic rings. The Hall–Kier alpha value is -2.27. The van der Waals surface area contributed by atoms with Gasteiger partial charge >= 0.3 is 0 Å². The summed E-state index contributed by atoms with van der Waals surface area (Å²) in [7, 11) is 0. The summed E-state index contributed by atoms with van der Waals surface area (Å²) in [6.45, 7) is 0.773. The van der Waals surface area contributed by atoms with E-state index in [9.17, 15) is 4.79 Å². The van der Waals surface area contributed by atoms with Crippen LogP contribution in [-0.2, 0) is 0 Å². The summed E-state index contributed by atoms with van der Waals surface area (Å²) in [5.41, 5.74) is 2.47. The summed E-state index contributed by atoms with van der Waals surface area (Å²) in [4.78, 5) is 23.5. The van der Waals surface area contributed by atoms with Gasteiger partial charge in [-0.25, -0.2) is 4.98 Å². The predicted octanol–water partition coefficient (Wildman–Crippen LogP) is 4.37. The number of amides is 1. The molecule has 1 aliphatic heterocycles. The summed E-state index contributed by atoms with van der Waals surface area (Å²) in [6, 6.07) is 13.9. The molecule has 1 aromatic carbocycles. The second-order valence-corrected chi connectivity index (χ2v) is 6.89. The molecule has 1 amide bonds. The second-order valence-electron chi connectivity index (χ2n) is 5.97. The zero-order chi connectivity index (χ0) is 16.5. The highest BCUT2D eigenvalue weighted by molar-refractivity contribution is 9.10. The van der Waals surface area contributed by atoms with Gasteiger partial charge in [-0.1, -0.05) is 28.1 Å². The van der Waals surface area contributed by atoms with Crippen molar-refractivity contribution < 1.29 is 4.79 Å². The maximum Gasteiger partial charge on any atom is 0.272 e. The summed E-state index contributed by atoms with van der Waals surface area (Å²) in [5, 5.41) is 0.944. The maximum atomic E-state index is 13.0. The molecule has 1 atom stereocenters. The van der Waals surface area contributed by atoms with E-state index in [2.05, 4.69) is 38.0 Å². The normalized spacial score (nSPS) is 17.4. The van der Waals surface area contributed by atoms with Gasteiger partial charge in [0.1, 0.15) is 5.69 Å². The van der Waals surface area contributed by atoms with Gasteiger partial charge in [-0.15, -0.1) is 0 Å². The summed E-state index contributed by atoms with van der Waals surface area (Å²) >= 11 is 3.46. The van der Waals surface area contributed by atoms with Crippen LogP contribution in [0.1, 0.15) is 34.9 Å². The number of fused-ring (bicyclic) bond motifs is 1. The minimum atomic E-state index is -0.000805. The van der Waals surface area contributed by atoms with Gasteiger partial charge in [0.25, 0.3) is 5.91 Å². The molecule has 0 radical (unpaired) electrons. The summed E-state index contributed by atoms with van der Waals surface area (Å²) in [6.07, 6.45) is 5.47. The van der Waals surface area contributed by atoms with Crippen LogP contribution >= 0.6 is 15.9 Å². The largest absolute Gasteiger partial charge is 0.330 e. The summed E-state index contributed by atoms with van der Waals surface area (Å²) in [5.74, 6) is -0.000805. The Bertz CT molecular complexity index is 895. The molecular formula is C19H16BrN3O. The molecule has 4 nitrogen and oxygen atoms in total. The Kier molecular flexibility index (Phi) is 4.02. The Balaban J connectivity index is 1.65. The van der Waals surface area contributed by atoms with Gasteiger partial charge in [0.05, 0.1) is 11.6 Å². The topological polar surface area (TPSA) is 46.1 Å². The highest BCUT2D eigenvalue weighted by atomic mass is 79.9. The first-order valence-corrected chi connectivity index (χ1v) is 8.79. The molecule has 1 saturated heterocycles. The van der Waals surface area contributed by atoms with E-state index in [4.69, 9.17) is 0 Å². The van der Waals surface area contributed by atoms with Crippen molar-refractivity contribution in [2.75, 3.05) is 6.54 Å². The first-order valence-electron chi connectivity index (χ1n) is 7.99. The lowest BCUT2D eigenvalue weighted by atomic mass is 10.0. The van der Waals surface area contributed by atoms with E-state index in [-0.39, 0.29) is 11.9 Å². The Morgan fingerprint density at radius 1 is 1.12 bits per heavy atom. The molecular weight excluding hydrogens is 366 g/mol. The lowest BCUT2D eigenvalue weighted by Crippen LogP contribution is -2.31. The van der Waals surface area contributed by atoms with E-state index >= 15 is 0 Å². The Morgan fingerprint density at radius 2 is 1.96 bits per heavy atom. The van der Waals surface area contributed by atoms with Crippen molar-refractivity contribution in [3.8, 4) is 0 Å². The molecule has 3 aromatic rings. The van der Waals surface area contributed by atoms with Crippen LogP contribution in [0.25, 0.3) is 10.9 Å². The summed E-state index contributed by atoms with van der Waals surface area (Å²) < 4.78 is 1.05. The molecule has 4 rings (SSSR count). The van der Waals surface area contributed by atoms with Crippen LogP contribution in [0.4, 0.5) is 0 Å². The van der Waals surface area contributed by atoms with Gasteiger partial charge in [0.2, 0.25) is 0 Å². The number of carbonyl (C=O) groups is 1. The highest BCUT2D eigenvalue weighted by Gasteiger charge is 2.31. The van der Waals surface area contributed by atoms with Crippen molar-refractivity contribution in [2.45, 2.75) is 18.9 Å². The minimum absolute atomic E-state index is 0.000805. The third-order valence-corrected chi connectivity index (χ3v) is 5.01. The lowest BCUT2D eigenvalue weighted by Gasteiger charge is -2.25. The van der Waals surface area contributed by atoms with Crippen LogP contribution in [0.2, 0.25) is 0 Å². The smallest absolute Gasteiger partial charge is 0.272 e. The van der Waals surface area contributed by atoms with Crippen molar-refractivity contribution in [3.05, 3.63) is 70.6 Å². The number of rotatable bonds is 2. The van der Waals surface area contributed by atoms with E-state index < -0.39 is 0 Å².